The molecular formula is C25H33F2N6O8P. The van der Waals surface area contributed by atoms with E-state index >= 15 is 8.78 Å². The van der Waals surface area contributed by atoms with Crippen LogP contribution in [-0.4, -0.2) is 73.6 Å². The lowest BCUT2D eigenvalue weighted by Gasteiger charge is -2.31. The molecule has 14 nitrogen and oxygen atoms in total. The quantitative estimate of drug-likeness (QED) is 0.200. The highest BCUT2D eigenvalue weighted by Gasteiger charge is 2.67. The van der Waals surface area contributed by atoms with Crippen molar-refractivity contribution in [2.45, 2.75) is 70.6 Å². The van der Waals surface area contributed by atoms with Crippen molar-refractivity contribution in [1.82, 2.24) is 24.6 Å². The number of nitrogens with zero attached hydrogens (tertiary/aromatic N) is 4. The molecule has 0 amide bonds. The summed E-state index contributed by atoms with van der Waals surface area (Å²) in [6.07, 6.45) is -3.19. The zero-order valence-corrected chi connectivity index (χ0v) is 24.5. The number of aliphatic hydroxyl groups is 1. The number of alkyl halides is 2. The molecule has 3 heterocycles. The van der Waals surface area contributed by atoms with Gasteiger partial charge in [0.25, 0.3) is 5.85 Å². The van der Waals surface area contributed by atoms with Gasteiger partial charge >= 0.3 is 13.7 Å². The van der Waals surface area contributed by atoms with Gasteiger partial charge in [0.15, 0.2) is 23.1 Å². The van der Waals surface area contributed by atoms with Gasteiger partial charge in [-0.25, -0.2) is 18.3 Å². The maximum absolute atomic E-state index is 16.3. The van der Waals surface area contributed by atoms with Gasteiger partial charge in [-0.15, -0.1) is 0 Å². The third kappa shape index (κ3) is 6.32. The minimum atomic E-state index is -4.60. The predicted molar refractivity (Wildman–Crippen MR) is 145 cm³/mol. The van der Waals surface area contributed by atoms with E-state index in [1.807, 2.05) is 0 Å². The molecule has 0 spiro atoms. The van der Waals surface area contributed by atoms with Gasteiger partial charge in [0.2, 0.25) is 11.8 Å². The molecule has 17 heteroatoms. The molecule has 3 aromatic rings. The molecule has 0 saturated carbocycles. The Morgan fingerprint density at radius 2 is 1.95 bits per heavy atom. The Balaban J connectivity index is 1.61. The van der Waals surface area contributed by atoms with E-state index in [0.29, 0.717) is 0 Å². The molecule has 2 aromatic heterocycles. The maximum atomic E-state index is 16.3. The number of carbonyl (C=O) groups excluding carboxylic acids is 1. The summed E-state index contributed by atoms with van der Waals surface area (Å²) in [6, 6.07) is 6.48. The van der Waals surface area contributed by atoms with Gasteiger partial charge in [-0.1, -0.05) is 18.2 Å². The highest BCUT2D eigenvalue weighted by molar-refractivity contribution is 7.52. The van der Waals surface area contributed by atoms with E-state index in [2.05, 4.69) is 20.0 Å². The number of carbonyl (C=O) groups is 1. The highest BCUT2D eigenvalue weighted by atomic mass is 31.2. The minimum Gasteiger partial charge on any atom is -0.476 e. The number of nitrogen functional groups attached to an aromatic ring is 1. The van der Waals surface area contributed by atoms with Crippen molar-refractivity contribution in [3.05, 3.63) is 36.7 Å². The Kier molecular flexibility index (Phi) is 9.04. The third-order valence-corrected chi connectivity index (χ3v) is 7.89. The molecule has 2 unspecified atom stereocenters. The molecule has 42 heavy (non-hydrogen) atoms. The van der Waals surface area contributed by atoms with Crippen molar-refractivity contribution in [2.24, 2.45) is 0 Å². The fourth-order valence-corrected chi connectivity index (χ4v) is 5.57. The van der Waals surface area contributed by atoms with Crippen LogP contribution in [0.15, 0.2) is 36.7 Å². The molecule has 230 valence electrons. The molecule has 1 aliphatic heterocycles. The summed E-state index contributed by atoms with van der Waals surface area (Å²) in [5, 5.41) is 13.2. The van der Waals surface area contributed by atoms with E-state index in [1.165, 1.54) is 19.1 Å². The first kappa shape index (κ1) is 31.5. The summed E-state index contributed by atoms with van der Waals surface area (Å²) in [7, 11) is -4.60. The van der Waals surface area contributed by atoms with Crippen LogP contribution in [-0.2, 0) is 23.4 Å². The average molecular weight is 615 g/mol. The Morgan fingerprint density at radius 3 is 2.60 bits per heavy atom. The van der Waals surface area contributed by atoms with Crippen molar-refractivity contribution >= 4 is 30.8 Å². The van der Waals surface area contributed by atoms with Crippen LogP contribution in [0.1, 0.15) is 40.8 Å². The fourth-order valence-electron chi connectivity index (χ4n) is 4.08. The van der Waals surface area contributed by atoms with E-state index in [1.54, 1.807) is 39.0 Å². The lowest BCUT2D eigenvalue weighted by atomic mass is 9.95. The molecule has 6 atom stereocenters. The van der Waals surface area contributed by atoms with E-state index < -0.39 is 56.3 Å². The second kappa shape index (κ2) is 12.1. The number of nitrogens with two attached hydrogens (primary N) is 1. The van der Waals surface area contributed by atoms with Gasteiger partial charge in [0, 0.05) is 0 Å². The second-order valence-corrected chi connectivity index (χ2v) is 11.6. The molecular weight excluding hydrogens is 581 g/mol. The van der Waals surface area contributed by atoms with Crippen molar-refractivity contribution in [3.63, 3.8) is 0 Å². The monoisotopic (exact) mass is 614 g/mol. The lowest BCUT2D eigenvalue weighted by Crippen LogP contribution is -2.50. The number of hydrogen-bond acceptors (Lipinski definition) is 12. The van der Waals surface area contributed by atoms with Gasteiger partial charge in [-0.3, -0.25) is 13.9 Å². The zero-order chi connectivity index (χ0) is 30.9. The number of esters is 1. The lowest BCUT2D eigenvalue weighted by molar-refractivity contribution is -0.214. The largest absolute Gasteiger partial charge is 0.476 e. The van der Waals surface area contributed by atoms with Gasteiger partial charge in [0.05, 0.1) is 19.0 Å². The van der Waals surface area contributed by atoms with Crippen LogP contribution in [0, 0.1) is 0 Å². The van der Waals surface area contributed by atoms with Crippen LogP contribution in [0.25, 0.3) is 11.2 Å². The van der Waals surface area contributed by atoms with Crippen LogP contribution in [0.3, 0.4) is 0 Å². The molecule has 0 bridgehead atoms. The number of rotatable bonds is 12. The number of aromatic nitrogens is 4. The Bertz CT molecular complexity index is 1460. The third-order valence-electron chi connectivity index (χ3n) is 6.27. The van der Waals surface area contributed by atoms with E-state index in [0.717, 1.165) is 17.8 Å². The van der Waals surface area contributed by atoms with Crippen molar-refractivity contribution in [3.8, 4) is 11.6 Å². The molecule has 4 N–H and O–H groups in total. The molecule has 1 aromatic carbocycles. The smallest absolute Gasteiger partial charge is 0.459 e. The number of imidazole rings is 1. The Hall–Kier alpha value is -3.43. The van der Waals surface area contributed by atoms with Gasteiger partial charge < -0.3 is 29.6 Å². The number of benzene rings is 1. The Morgan fingerprint density at radius 1 is 1.26 bits per heavy atom. The number of nitrogens with one attached hydrogen (secondary N) is 1. The van der Waals surface area contributed by atoms with Crippen LogP contribution in [0.2, 0.25) is 0 Å². The summed E-state index contributed by atoms with van der Waals surface area (Å²) < 4.78 is 73.8. The zero-order valence-electron chi connectivity index (χ0n) is 23.6. The predicted octanol–water partition coefficient (Wildman–Crippen LogP) is 3.22. The molecule has 4 rings (SSSR count). The highest BCUT2D eigenvalue weighted by Crippen LogP contribution is 2.52. The molecule has 0 aliphatic carbocycles. The summed E-state index contributed by atoms with van der Waals surface area (Å²) in [6.45, 7) is 5.94. The number of ether oxygens (including phenoxy) is 3. The SMILES string of the molecule is CCOc1nc(N)nc2c1ncn2[C@H]1O[C@](F)(COP(=O)(NC(C)C(=O)OC(C)C)Oc2ccccc2)[C@](C)(F)[C@H]1O. The second-order valence-electron chi connectivity index (χ2n) is 9.91. The van der Waals surface area contributed by atoms with Gasteiger partial charge in [0.1, 0.15) is 24.5 Å². The molecule has 0 radical (unpaired) electrons. The van der Waals surface area contributed by atoms with Crippen LogP contribution in [0.4, 0.5) is 14.7 Å². The average Bonchev–Trinajstić information content (AvgIpc) is 3.40. The summed E-state index contributed by atoms with van der Waals surface area (Å²) >= 11 is 0. The number of halogens is 2. The summed E-state index contributed by atoms with van der Waals surface area (Å²) in [5.41, 5.74) is 2.75. The first-order chi connectivity index (χ1) is 19.7. The van der Waals surface area contributed by atoms with Crippen LogP contribution in [0.5, 0.6) is 11.6 Å². The van der Waals surface area contributed by atoms with Gasteiger partial charge in [-0.05, 0) is 46.8 Å². The molecule has 1 fully saturated rings. The number of para-hydroxylation sites is 1. The van der Waals surface area contributed by atoms with Crippen molar-refractivity contribution in [2.75, 3.05) is 18.9 Å². The summed E-state index contributed by atoms with van der Waals surface area (Å²) in [4.78, 5) is 24.5. The number of hydrogen-bond donors (Lipinski definition) is 3. The summed E-state index contributed by atoms with van der Waals surface area (Å²) in [5.74, 6) is -4.31. The number of anilines is 1. The fraction of sp³-hybridized carbons (Fsp3) is 0.520. The first-order valence-corrected chi connectivity index (χ1v) is 14.6. The van der Waals surface area contributed by atoms with E-state index in [-0.39, 0.29) is 35.3 Å². The van der Waals surface area contributed by atoms with Gasteiger partial charge in [-0.2, -0.15) is 15.1 Å². The maximum Gasteiger partial charge on any atom is 0.459 e. The molecule has 1 aliphatic rings. The first-order valence-electron chi connectivity index (χ1n) is 13.0. The minimum absolute atomic E-state index is 0.0202. The topological polar surface area (TPSA) is 182 Å². The number of fused-ring (bicyclic) bond motifs is 1. The normalized spacial score (nSPS) is 26.2. The van der Waals surface area contributed by atoms with E-state index in [9.17, 15) is 14.5 Å². The number of aliphatic hydroxyl groups excluding tert-OH is 1. The van der Waals surface area contributed by atoms with Crippen molar-refractivity contribution in [1.29, 1.82) is 0 Å². The van der Waals surface area contributed by atoms with Crippen LogP contribution < -0.4 is 20.1 Å². The van der Waals surface area contributed by atoms with Crippen molar-refractivity contribution < 1.29 is 46.5 Å². The van der Waals surface area contributed by atoms with Crippen LogP contribution >= 0.6 is 7.75 Å². The van der Waals surface area contributed by atoms with E-state index in [4.69, 9.17) is 29.0 Å². The standard InChI is InChI=1S/C25H33F2N6O8P/c1-6-37-20-17-19(30-23(28)31-20)33(13-29-17)21-18(34)24(5,26)25(27,40-21)12-38-42(36,41-16-10-8-7-9-11-16)32-15(4)22(35)39-14(2)3/h7-11,13-15,18,21,34H,6,12H2,1-5H3,(H,32,36)(H2,28,30,31)/t15?,18-,21-,24+,25+,42?/m0/s1. The Labute approximate surface area is 240 Å². The molecule has 1 saturated heterocycles.